The number of hydrogen-bond acceptors (Lipinski definition) is 8. The summed E-state index contributed by atoms with van der Waals surface area (Å²) in [6, 6.07) is 17.4. The van der Waals surface area contributed by atoms with Crippen LogP contribution in [-0.4, -0.2) is 88.9 Å². The molecule has 43 heavy (non-hydrogen) atoms. The molecule has 1 fully saturated rings. The van der Waals surface area contributed by atoms with Crippen molar-refractivity contribution in [3.05, 3.63) is 72.6 Å². The summed E-state index contributed by atoms with van der Waals surface area (Å²) in [5.74, 6) is 0.113. The molecule has 2 amide bonds. The normalized spacial score (nSPS) is 15.6. The number of carbonyl (C=O) groups excluding carboxylic acids is 3. The first-order chi connectivity index (χ1) is 20.8. The number of fused-ring (bicyclic) bond motifs is 1. The Kier molecular flexibility index (Phi) is 12.2. The molecule has 2 heterocycles. The fourth-order valence-electron chi connectivity index (χ4n) is 5.50. The van der Waals surface area contributed by atoms with Crippen molar-refractivity contribution in [3.8, 4) is 0 Å². The van der Waals surface area contributed by atoms with E-state index in [1.165, 1.54) is 0 Å². The lowest BCUT2D eigenvalue weighted by Crippen LogP contribution is -2.50. The number of nitrogens with one attached hydrogen (secondary N) is 2. The zero-order chi connectivity index (χ0) is 30.6. The van der Waals surface area contributed by atoms with E-state index in [0.29, 0.717) is 26.1 Å². The zero-order valence-electron chi connectivity index (χ0n) is 25.3. The van der Waals surface area contributed by atoms with Crippen molar-refractivity contribution in [1.82, 2.24) is 20.1 Å². The highest BCUT2D eigenvalue weighted by Gasteiger charge is 2.31. The predicted molar refractivity (Wildman–Crippen MR) is 173 cm³/mol. The molecular weight excluding hydrogens is 562 g/mol. The molecule has 3 aromatic rings. The van der Waals surface area contributed by atoms with Crippen molar-refractivity contribution in [2.24, 2.45) is 0 Å². The van der Waals surface area contributed by atoms with E-state index in [2.05, 4.69) is 44.8 Å². The van der Waals surface area contributed by atoms with Gasteiger partial charge in [-0.3, -0.25) is 19.5 Å². The van der Waals surface area contributed by atoms with Gasteiger partial charge in [-0.2, -0.15) is 11.8 Å². The van der Waals surface area contributed by atoms with Crippen LogP contribution in [0.25, 0.3) is 10.8 Å². The fraction of sp³-hybridized carbons (Fsp3) is 0.455. The molecule has 9 nitrogen and oxygen atoms in total. The minimum atomic E-state index is -0.703. The molecule has 1 saturated heterocycles. The Morgan fingerprint density at radius 3 is 2.63 bits per heavy atom. The molecule has 1 aliphatic heterocycles. The van der Waals surface area contributed by atoms with Gasteiger partial charge in [0.1, 0.15) is 6.04 Å². The van der Waals surface area contributed by atoms with Gasteiger partial charge < -0.3 is 20.3 Å². The second-order valence-electron chi connectivity index (χ2n) is 11.2. The topological polar surface area (TPSA) is 104 Å². The molecule has 2 aromatic carbocycles. The van der Waals surface area contributed by atoms with Crippen LogP contribution in [0.5, 0.6) is 0 Å². The van der Waals surface area contributed by atoms with E-state index in [4.69, 9.17) is 4.74 Å². The number of carbonyl (C=O) groups is 3. The maximum Gasteiger partial charge on any atom is 0.328 e. The van der Waals surface area contributed by atoms with Gasteiger partial charge in [0.2, 0.25) is 11.8 Å². The van der Waals surface area contributed by atoms with Crippen molar-refractivity contribution in [2.45, 2.75) is 57.8 Å². The van der Waals surface area contributed by atoms with Crippen molar-refractivity contribution in [3.63, 3.8) is 0 Å². The number of pyridine rings is 1. The number of anilines is 1. The third kappa shape index (κ3) is 9.69. The summed E-state index contributed by atoms with van der Waals surface area (Å²) in [4.78, 5) is 47.6. The molecule has 2 N–H and O–H groups in total. The molecule has 0 unspecified atom stereocenters. The molecule has 230 valence electrons. The summed E-state index contributed by atoms with van der Waals surface area (Å²) in [6.07, 6.45) is 7.37. The molecule has 10 heteroatoms. The van der Waals surface area contributed by atoms with Crippen LogP contribution in [0, 0.1) is 0 Å². The van der Waals surface area contributed by atoms with Gasteiger partial charge in [0.15, 0.2) is 0 Å². The Morgan fingerprint density at radius 1 is 1.09 bits per heavy atom. The minimum absolute atomic E-state index is 0.0206. The molecule has 2 atom stereocenters. The number of esters is 1. The summed E-state index contributed by atoms with van der Waals surface area (Å²) in [6.45, 7) is 5.67. The van der Waals surface area contributed by atoms with Gasteiger partial charge in [0.05, 0.1) is 19.2 Å². The van der Waals surface area contributed by atoms with Crippen LogP contribution >= 0.6 is 11.8 Å². The predicted octanol–water partition coefficient (Wildman–Crippen LogP) is 4.33. The average molecular weight is 606 g/mol. The third-order valence-corrected chi connectivity index (χ3v) is 8.16. The standard InChI is InChI=1S/C33H43N5O4S/c1-24(2)42-33(41)30(15-19-43-3)36-31(39)23-37(21-26-10-6-9-25-8-4-5-12-29(25)26)22-28-11-7-18-38(28)32(40)20-35-27-13-16-34-17-14-27/h4-6,8-10,12-14,16-17,24,28,30H,7,11,15,18-23H2,1-3H3,(H,34,35)(H,36,39)/t28-,30-/m0/s1. The van der Waals surface area contributed by atoms with Gasteiger partial charge in [-0.15, -0.1) is 0 Å². The number of rotatable bonds is 15. The highest BCUT2D eigenvalue weighted by Crippen LogP contribution is 2.23. The number of hydrogen-bond donors (Lipinski definition) is 2. The molecule has 0 aliphatic carbocycles. The SMILES string of the molecule is CSCC[C@H](NC(=O)CN(Cc1cccc2ccccc12)C[C@@H]1CCCN1C(=O)CNc1ccncc1)C(=O)OC(C)C. The highest BCUT2D eigenvalue weighted by molar-refractivity contribution is 7.98. The second-order valence-corrected chi connectivity index (χ2v) is 12.2. The number of aromatic nitrogens is 1. The lowest BCUT2D eigenvalue weighted by Gasteiger charge is -2.31. The van der Waals surface area contributed by atoms with E-state index in [9.17, 15) is 14.4 Å². The van der Waals surface area contributed by atoms with Gasteiger partial charge >= 0.3 is 5.97 Å². The lowest BCUT2D eigenvalue weighted by atomic mass is 10.0. The first kappa shape index (κ1) is 32.3. The second kappa shape index (κ2) is 16.3. The summed E-state index contributed by atoms with van der Waals surface area (Å²) in [7, 11) is 0. The van der Waals surface area contributed by atoms with Gasteiger partial charge in [-0.25, -0.2) is 4.79 Å². The Hall–Kier alpha value is -3.63. The molecule has 4 rings (SSSR count). The number of likely N-dealkylation sites (tertiary alicyclic amines) is 1. The summed E-state index contributed by atoms with van der Waals surface area (Å²) in [5.41, 5.74) is 1.96. The van der Waals surface area contributed by atoms with Gasteiger partial charge in [0.25, 0.3) is 0 Å². The van der Waals surface area contributed by atoms with Crippen LogP contribution < -0.4 is 10.6 Å². The van der Waals surface area contributed by atoms with E-state index in [-0.39, 0.29) is 37.0 Å². The molecule has 0 saturated carbocycles. The first-order valence-corrected chi connectivity index (χ1v) is 16.3. The monoisotopic (exact) mass is 605 g/mol. The highest BCUT2D eigenvalue weighted by atomic mass is 32.2. The Balaban J connectivity index is 1.49. The fourth-order valence-corrected chi connectivity index (χ4v) is 5.97. The number of nitrogens with zero attached hydrogens (tertiary/aromatic N) is 3. The van der Waals surface area contributed by atoms with Gasteiger partial charge in [0, 0.05) is 43.8 Å². The van der Waals surface area contributed by atoms with E-state index in [0.717, 1.165) is 40.6 Å². The van der Waals surface area contributed by atoms with Crippen LogP contribution in [-0.2, 0) is 25.7 Å². The maximum atomic E-state index is 13.5. The largest absolute Gasteiger partial charge is 0.461 e. The summed E-state index contributed by atoms with van der Waals surface area (Å²) < 4.78 is 5.43. The van der Waals surface area contributed by atoms with Crippen molar-refractivity contribution in [2.75, 3.05) is 43.5 Å². The Bertz CT molecular complexity index is 1350. The Labute approximate surface area is 258 Å². The molecule has 0 spiro atoms. The van der Waals surface area contributed by atoms with E-state index >= 15 is 0 Å². The minimum Gasteiger partial charge on any atom is -0.461 e. The van der Waals surface area contributed by atoms with E-state index < -0.39 is 12.0 Å². The molecular formula is C33H43N5O4S. The lowest BCUT2D eigenvalue weighted by molar-refractivity contribution is -0.151. The summed E-state index contributed by atoms with van der Waals surface area (Å²) in [5, 5.41) is 8.41. The van der Waals surface area contributed by atoms with E-state index in [1.54, 1.807) is 38.0 Å². The van der Waals surface area contributed by atoms with Crippen LogP contribution in [0.1, 0.15) is 38.7 Å². The number of amides is 2. The van der Waals surface area contributed by atoms with Crippen LogP contribution in [0.3, 0.4) is 0 Å². The zero-order valence-corrected chi connectivity index (χ0v) is 26.1. The Morgan fingerprint density at radius 2 is 1.86 bits per heavy atom. The molecule has 0 bridgehead atoms. The first-order valence-electron chi connectivity index (χ1n) is 14.9. The van der Waals surface area contributed by atoms with Gasteiger partial charge in [-0.1, -0.05) is 42.5 Å². The molecule has 0 radical (unpaired) electrons. The van der Waals surface area contributed by atoms with Crippen molar-refractivity contribution < 1.29 is 19.1 Å². The van der Waals surface area contributed by atoms with Crippen molar-refractivity contribution >= 4 is 46.0 Å². The number of thioether (sulfide) groups is 1. The number of benzene rings is 2. The van der Waals surface area contributed by atoms with E-state index in [1.807, 2.05) is 41.5 Å². The molecule has 1 aromatic heterocycles. The van der Waals surface area contributed by atoms with Crippen LogP contribution in [0.15, 0.2) is 67.0 Å². The maximum absolute atomic E-state index is 13.5. The number of ether oxygens (including phenoxy) is 1. The van der Waals surface area contributed by atoms with Crippen LogP contribution in [0.4, 0.5) is 5.69 Å². The average Bonchev–Trinajstić information content (AvgIpc) is 3.46. The quantitative estimate of drug-likeness (QED) is 0.247. The summed E-state index contributed by atoms with van der Waals surface area (Å²) >= 11 is 1.62. The van der Waals surface area contributed by atoms with Gasteiger partial charge in [-0.05, 0) is 73.6 Å². The third-order valence-electron chi connectivity index (χ3n) is 7.51. The molecule has 1 aliphatic rings. The van der Waals surface area contributed by atoms with Crippen LogP contribution in [0.2, 0.25) is 0 Å². The smallest absolute Gasteiger partial charge is 0.328 e. The van der Waals surface area contributed by atoms with Crippen molar-refractivity contribution in [1.29, 1.82) is 0 Å².